The average molecular weight is 525 g/mol. The molecule has 0 fully saturated rings. The third-order valence-electron chi connectivity index (χ3n) is 9.42. The molecule has 0 bridgehead atoms. The van der Waals surface area contributed by atoms with Gasteiger partial charge in [-0.2, -0.15) is 0 Å². The van der Waals surface area contributed by atoms with E-state index in [1.165, 1.54) is 93.4 Å². The van der Waals surface area contributed by atoms with Crippen LogP contribution in [0.5, 0.6) is 0 Å². The Labute approximate surface area is 243 Å². The zero-order valence-electron chi connectivity index (χ0n) is 24.5. The largest absolute Gasteiger partial charge is 0.140 e. The van der Waals surface area contributed by atoms with Gasteiger partial charge in [-0.15, -0.1) is 0 Å². The van der Waals surface area contributed by atoms with E-state index in [4.69, 9.17) is 0 Å². The van der Waals surface area contributed by atoms with Crippen LogP contribution in [0.1, 0.15) is 22.3 Å². The Hall–Kier alpha value is -4.62. The summed E-state index contributed by atoms with van der Waals surface area (Å²) in [5.74, 6) is 0. The summed E-state index contributed by atoms with van der Waals surface area (Å²) in [6.07, 6.45) is 0. The van der Waals surface area contributed by atoms with Crippen molar-refractivity contribution in [3.8, 4) is 33.4 Å². The lowest BCUT2D eigenvalue weighted by Gasteiger charge is -2.24. The van der Waals surface area contributed by atoms with Gasteiger partial charge in [0.25, 0.3) is 0 Å². The molecule has 1 heteroatoms. The molecule has 0 saturated carbocycles. The molecule has 0 N–H and O–H groups in total. The Kier molecular flexibility index (Phi) is 6.05. The topological polar surface area (TPSA) is 0 Å². The van der Waals surface area contributed by atoms with Crippen LogP contribution in [0.2, 0.25) is 0 Å². The highest BCUT2D eigenvalue weighted by Gasteiger charge is 2.22. The van der Waals surface area contributed by atoms with Crippen LogP contribution >= 0.6 is 0 Å². The smallest absolute Gasteiger partial charge is 0.0824 e. The molecule has 0 radical (unpaired) electrons. The maximum absolute atomic E-state index is 2.40. The van der Waals surface area contributed by atoms with E-state index in [0.717, 1.165) is 0 Å². The fourth-order valence-electron chi connectivity index (χ4n) is 6.88. The predicted octanol–water partition coefficient (Wildman–Crippen LogP) is 9.64. The van der Waals surface area contributed by atoms with Crippen molar-refractivity contribution in [3.05, 3.63) is 138 Å². The van der Waals surface area contributed by atoms with Gasteiger partial charge in [-0.25, -0.2) is 0 Å². The zero-order valence-corrected chi connectivity index (χ0v) is 24.5. The first-order valence-electron chi connectivity index (χ1n) is 14.5. The molecule has 7 aromatic carbocycles. The Morgan fingerprint density at radius 2 is 0.902 bits per heavy atom. The lowest BCUT2D eigenvalue weighted by Crippen LogP contribution is -2.16. The third-order valence-corrected chi connectivity index (χ3v) is 9.42. The Morgan fingerprint density at radius 1 is 0.390 bits per heavy atom. The lowest BCUT2D eigenvalue weighted by atomic mass is 9.76. The molecule has 0 atom stereocenters. The minimum Gasteiger partial charge on any atom is -0.0824 e. The summed E-state index contributed by atoms with van der Waals surface area (Å²) in [6.45, 7) is 9.15. The fourth-order valence-corrected chi connectivity index (χ4v) is 6.88. The first-order chi connectivity index (χ1) is 20.0. The highest BCUT2D eigenvalue weighted by Crippen LogP contribution is 2.47. The van der Waals surface area contributed by atoms with Gasteiger partial charge in [-0.3, -0.25) is 0 Å². The van der Waals surface area contributed by atoms with Gasteiger partial charge < -0.3 is 0 Å². The van der Waals surface area contributed by atoms with Crippen LogP contribution in [0.3, 0.4) is 0 Å². The molecular formula is C40H33B. The van der Waals surface area contributed by atoms with Crippen LogP contribution in [0.25, 0.3) is 65.7 Å². The summed E-state index contributed by atoms with van der Waals surface area (Å²) in [6, 6.07) is 42.4. The normalized spacial score (nSPS) is 11.5. The predicted molar refractivity (Wildman–Crippen MR) is 182 cm³/mol. The van der Waals surface area contributed by atoms with E-state index >= 15 is 0 Å². The number of rotatable bonds is 3. The van der Waals surface area contributed by atoms with Gasteiger partial charge in [0.1, 0.15) is 7.85 Å². The first kappa shape index (κ1) is 25.4. The summed E-state index contributed by atoms with van der Waals surface area (Å²) in [7, 11) is 2.28. The number of hydrogen-bond acceptors (Lipinski definition) is 0. The van der Waals surface area contributed by atoms with Crippen molar-refractivity contribution in [1.82, 2.24) is 0 Å². The Morgan fingerprint density at radius 3 is 1.51 bits per heavy atom. The van der Waals surface area contributed by atoms with Crippen molar-refractivity contribution in [1.29, 1.82) is 0 Å². The minimum atomic E-state index is 1.24. The van der Waals surface area contributed by atoms with Crippen molar-refractivity contribution in [2.24, 2.45) is 0 Å². The Bertz CT molecular complexity index is 2050. The van der Waals surface area contributed by atoms with E-state index in [1.54, 1.807) is 0 Å². The maximum Gasteiger partial charge on any atom is 0.140 e. The van der Waals surface area contributed by atoms with Crippen LogP contribution in [-0.4, -0.2) is 7.85 Å². The molecule has 0 aromatic heterocycles. The highest BCUT2D eigenvalue weighted by molar-refractivity contribution is 6.35. The Balaban J connectivity index is 1.68. The quantitative estimate of drug-likeness (QED) is 0.159. The number of benzene rings is 7. The number of fused-ring (bicyclic) bond motifs is 3. The minimum absolute atomic E-state index is 1.24. The molecular weight excluding hydrogens is 491 g/mol. The monoisotopic (exact) mass is 524 g/mol. The first-order valence-corrected chi connectivity index (χ1v) is 14.5. The highest BCUT2D eigenvalue weighted by atomic mass is 14.2. The van der Waals surface area contributed by atoms with Crippen molar-refractivity contribution in [3.63, 3.8) is 0 Å². The lowest BCUT2D eigenvalue weighted by molar-refractivity contribution is 1.26. The zero-order chi connectivity index (χ0) is 28.2. The summed E-state index contributed by atoms with van der Waals surface area (Å²) < 4.78 is 0. The van der Waals surface area contributed by atoms with E-state index in [2.05, 4.69) is 151 Å². The molecule has 0 saturated heterocycles. The molecule has 196 valence electrons. The van der Waals surface area contributed by atoms with Gasteiger partial charge in [0, 0.05) is 0 Å². The van der Waals surface area contributed by atoms with Crippen LogP contribution in [-0.2, 0) is 0 Å². The summed E-state index contributed by atoms with van der Waals surface area (Å²) >= 11 is 0. The second-order valence-corrected chi connectivity index (χ2v) is 11.5. The molecule has 0 heterocycles. The van der Waals surface area contributed by atoms with E-state index in [0.29, 0.717) is 0 Å². The van der Waals surface area contributed by atoms with Gasteiger partial charge in [-0.05, 0) is 122 Å². The fraction of sp³-hybridized carbons (Fsp3) is 0.100. The molecule has 0 unspecified atom stereocenters. The van der Waals surface area contributed by atoms with Crippen molar-refractivity contribution in [2.75, 3.05) is 0 Å². The SMILES string of the molecule is Bc1c(C)c(C)c(C)c(-c2c3ccccc3c(-c3cc(-c4ccccc4)cc4ccccc34)c3ccccc23)c1C. The second-order valence-electron chi connectivity index (χ2n) is 11.5. The van der Waals surface area contributed by atoms with Crippen LogP contribution in [0.15, 0.2) is 115 Å². The van der Waals surface area contributed by atoms with E-state index < -0.39 is 0 Å². The van der Waals surface area contributed by atoms with Gasteiger partial charge >= 0.3 is 0 Å². The van der Waals surface area contributed by atoms with Crippen molar-refractivity contribution in [2.45, 2.75) is 27.7 Å². The molecule has 0 aliphatic heterocycles. The molecule has 7 rings (SSSR count). The van der Waals surface area contributed by atoms with Crippen LogP contribution in [0.4, 0.5) is 0 Å². The van der Waals surface area contributed by atoms with Gasteiger partial charge in [-0.1, -0.05) is 114 Å². The molecule has 0 amide bonds. The molecule has 0 spiro atoms. The maximum atomic E-state index is 2.40. The van der Waals surface area contributed by atoms with E-state index in [1.807, 2.05) is 0 Å². The second kappa shape index (κ2) is 9.79. The van der Waals surface area contributed by atoms with E-state index in [-0.39, 0.29) is 0 Å². The molecule has 0 aliphatic carbocycles. The van der Waals surface area contributed by atoms with Crippen LogP contribution < -0.4 is 5.46 Å². The molecule has 0 aliphatic rings. The number of hydrogen-bond donors (Lipinski definition) is 0. The van der Waals surface area contributed by atoms with Crippen molar-refractivity contribution >= 4 is 45.6 Å². The molecule has 7 aromatic rings. The molecule has 41 heavy (non-hydrogen) atoms. The van der Waals surface area contributed by atoms with Crippen LogP contribution in [0, 0.1) is 27.7 Å². The molecule has 0 nitrogen and oxygen atoms in total. The van der Waals surface area contributed by atoms with E-state index in [9.17, 15) is 0 Å². The van der Waals surface area contributed by atoms with Gasteiger partial charge in [0.2, 0.25) is 0 Å². The standard InChI is InChI=1S/C40H33B/c1-24-25(2)37(27(4)40(41)26(24)3)39-34-20-12-10-18-32(34)38(33-19-11-13-21-35(33)39)36-23-30(28-14-6-5-7-15-28)22-29-16-8-9-17-31(29)36/h5-23H,41H2,1-4H3. The van der Waals surface area contributed by atoms with Gasteiger partial charge in [0.05, 0.1) is 0 Å². The summed E-state index contributed by atoms with van der Waals surface area (Å²) in [5.41, 5.74) is 14.7. The van der Waals surface area contributed by atoms with Gasteiger partial charge in [0.15, 0.2) is 0 Å². The third kappa shape index (κ3) is 3.91. The summed E-state index contributed by atoms with van der Waals surface area (Å²) in [5, 5.41) is 7.76. The average Bonchev–Trinajstić information content (AvgIpc) is 3.02. The van der Waals surface area contributed by atoms with Crippen molar-refractivity contribution < 1.29 is 0 Å². The summed E-state index contributed by atoms with van der Waals surface area (Å²) in [4.78, 5) is 0.